The Balaban J connectivity index is 1.30. The number of benzene rings is 1. The molecule has 2 saturated heterocycles. The van der Waals surface area contributed by atoms with Gasteiger partial charge in [-0.1, -0.05) is 49.4 Å². The van der Waals surface area contributed by atoms with E-state index in [0.29, 0.717) is 23.6 Å². The third-order valence-electron chi connectivity index (χ3n) is 10.2. The number of oxime groups is 1. The quantitative estimate of drug-likeness (QED) is 0.202. The highest BCUT2D eigenvalue weighted by atomic mass is 16.5. The Hall–Kier alpha value is -2.74. The summed E-state index contributed by atoms with van der Waals surface area (Å²) in [6.45, 7) is 2.04. The van der Waals surface area contributed by atoms with Crippen LogP contribution in [0.4, 0.5) is 0 Å². The zero-order valence-corrected chi connectivity index (χ0v) is 23.8. The first-order valence-corrected chi connectivity index (χ1v) is 15.7. The van der Waals surface area contributed by atoms with E-state index in [1.54, 1.807) is 6.92 Å². The molecule has 216 valence electrons. The number of fused-ring (bicyclic) bond motifs is 5. The highest BCUT2D eigenvalue weighted by molar-refractivity contribution is 6.00. The summed E-state index contributed by atoms with van der Waals surface area (Å²) in [6, 6.07) is 9.53. The topological polar surface area (TPSA) is 97.0 Å². The Morgan fingerprint density at radius 1 is 0.925 bits per heavy atom. The lowest BCUT2D eigenvalue weighted by molar-refractivity contribution is -0.142. The van der Waals surface area contributed by atoms with Crippen molar-refractivity contribution >= 4 is 22.7 Å². The van der Waals surface area contributed by atoms with E-state index >= 15 is 0 Å². The summed E-state index contributed by atoms with van der Waals surface area (Å²) in [5.74, 6) is 1.40. The van der Waals surface area contributed by atoms with E-state index in [9.17, 15) is 14.8 Å². The number of carbonyl (C=O) groups excluding carboxylic acids is 1. The molecule has 4 bridgehead atoms. The second-order valence-corrected chi connectivity index (χ2v) is 12.7. The van der Waals surface area contributed by atoms with E-state index in [2.05, 4.69) is 15.0 Å². The molecular formula is C32H44N4O4. The fourth-order valence-electron chi connectivity index (χ4n) is 8.68. The summed E-state index contributed by atoms with van der Waals surface area (Å²) < 4.78 is 6.98. The fourth-order valence-corrected chi connectivity index (χ4v) is 8.68. The van der Waals surface area contributed by atoms with Gasteiger partial charge in [0.2, 0.25) is 0 Å². The molecule has 0 spiro atoms. The summed E-state index contributed by atoms with van der Waals surface area (Å²) in [7, 11) is 0. The molecule has 5 atom stereocenters. The van der Waals surface area contributed by atoms with Crippen LogP contribution in [0.3, 0.4) is 0 Å². The van der Waals surface area contributed by atoms with E-state index in [0.717, 1.165) is 30.2 Å². The van der Waals surface area contributed by atoms with Gasteiger partial charge in [0.1, 0.15) is 5.71 Å². The van der Waals surface area contributed by atoms with Crippen molar-refractivity contribution in [2.75, 3.05) is 6.61 Å². The monoisotopic (exact) mass is 548 g/mol. The first-order valence-electron chi connectivity index (χ1n) is 15.7. The molecule has 2 aromatic rings. The zero-order valence-electron chi connectivity index (χ0n) is 23.8. The van der Waals surface area contributed by atoms with Crippen LogP contribution in [0.15, 0.2) is 34.2 Å². The van der Waals surface area contributed by atoms with Gasteiger partial charge < -0.3 is 14.5 Å². The minimum atomic E-state index is -0.382. The lowest BCUT2D eigenvalue weighted by Crippen LogP contribution is -2.58. The van der Waals surface area contributed by atoms with Gasteiger partial charge in [0.15, 0.2) is 5.69 Å². The van der Waals surface area contributed by atoms with E-state index < -0.39 is 0 Å². The molecule has 2 saturated carbocycles. The first kappa shape index (κ1) is 27.4. The first-order chi connectivity index (χ1) is 19.6. The number of ether oxygens (including phenoxy) is 1. The van der Waals surface area contributed by atoms with Crippen molar-refractivity contribution in [1.82, 2.24) is 14.5 Å². The number of rotatable bonds is 7. The van der Waals surface area contributed by atoms with Crippen LogP contribution in [0.2, 0.25) is 0 Å². The molecule has 8 heteroatoms. The van der Waals surface area contributed by atoms with Crippen molar-refractivity contribution in [2.45, 2.75) is 121 Å². The molecule has 1 aromatic heterocycles. The predicted molar refractivity (Wildman–Crippen MR) is 155 cm³/mol. The van der Waals surface area contributed by atoms with Gasteiger partial charge >= 0.3 is 5.97 Å². The van der Waals surface area contributed by atoms with Gasteiger partial charge in [0, 0.05) is 30.6 Å². The number of carbonyl (C=O) groups is 1. The number of esters is 1. The Bertz CT molecular complexity index is 1280. The van der Waals surface area contributed by atoms with Crippen LogP contribution in [0.25, 0.3) is 11.0 Å². The molecule has 40 heavy (non-hydrogen) atoms. The van der Waals surface area contributed by atoms with Crippen LogP contribution >= 0.6 is 0 Å². The molecular weight excluding hydrogens is 504 g/mol. The molecule has 2 aliphatic heterocycles. The van der Waals surface area contributed by atoms with Crippen LogP contribution in [-0.4, -0.2) is 56.1 Å². The summed E-state index contributed by atoms with van der Waals surface area (Å²) in [4.78, 5) is 33.7. The van der Waals surface area contributed by atoms with Crippen LogP contribution in [-0.2, 0) is 9.53 Å². The predicted octanol–water partition coefficient (Wildman–Crippen LogP) is 5.84. The normalized spacial score (nSPS) is 31.1. The smallest absolute Gasteiger partial charge is 0.306 e. The summed E-state index contributed by atoms with van der Waals surface area (Å²) in [6.07, 6.45) is 15.5. The lowest BCUT2D eigenvalue weighted by Gasteiger charge is -2.54. The van der Waals surface area contributed by atoms with Crippen molar-refractivity contribution in [2.24, 2.45) is 17.0 Å². The Morgan fingerprint density at radius 2 is 1.62 bits per heavy atom. The molecule has 3 unspecified atom stereocenters. The Kier molecular flexibility index (Phi) is 8.24. The lowest BCUT2D eigenvalue weighted by atomic mass is 9.73. The highest BCUT2D eigenvalue weighted by Crippen LogP contribution is 2.47. The second-order valence-electron chi connectivity index (χ2n) is 12.7. The molecule has 3 heterocycles. The molecule has 8 nitrogen and oxygen atoms in total. The molecule has 4 fully saturated rings. The van der Waals surface area contributed by atoms with Crippen LogP contribution in [0.1, 0.15) is 109 Å². The standard InChI is InChI=1S/C32H44N4O4/c1-2-40-30(37)15-14-28(34-39)31-32(38)36(29-13-6-5-12-27(29)33-31)26-19-23-10-7-11-24(20-26)35(23)25-17-21-8-3-4-9-22(16-21)18-25/h5-6,12-13,21-26,39H,2-4,7-11,14-20H2,1H3/b34-28+/t21?,22?,23-,24+,25?,26?. The third-order valence-corrected chi connectivity index (χ3v) is 10.2. The summed E-state index contributed by atoms with van der Waals surface area (Å²) >= 11 is 0. The molecule has 1 N–H and O–H groups in total. The van der Waals surface area contributed by atoms with E-state index in [1.165, 1.54) is 64.2 Å². The van der Waals surface area contributed by atoms with Crippen LogP contribution in [0.5, 0.6) is 0 Å². The van der Waals surface area contributed by atoms with Gasteiger partial charge in [0.05, 0.1) is 24.1 Å². The Labute approximate surface area is 236 Å². The maximum absolute atomic E-state index is 14.1. The van der Waals surface area contributed by atoms with E-state index in [-0.39, 0.29) is 48.4 Å². The van der Waals surface area contributed by atoms with Crippen LogP contribution in [0, 0.1) is 11.8 Å². The number of aromatic nitrogens is 2. The molecule has 2 aliphatic carbocycles. The van der Waals surface area contributed by atoms with Crippen molar-refractivity contribution < 1.29 is 14.7 Å². The summed E-state index contributed by atoms with van der Waals surface area (Å²) in [5, 5.41) is 13.3. The molecule has 1 aromatic carbocycles. The fraction of sp³-hybridized carbons (Fsp3) is 0.688. The minimum Gasteiger partial charge on any atom is -0.466 e. The minimum absolute atomic E-state index is 0.0348. The van der Waals surface area contributed by atoms with E-state index in [4.69, 9.17) is 4.74 Å². The number of nitrogens with zero attached hydrogens (tertiary/aromatic N) is 4. The number of hydrogen-bond acceptors (Lipinski definition) is 7. The average molecular weight is 549 g/mol. The number of piperidine rings is 2. The van der Waals surface area contributed by atoms with Gasteiger partial charge in [-0.3, -0.25) is 14.5 Å². The van der Waals surface area contributed by atoms with Gasteiger partial charge in [-0.15, -0.1) is 0 Å². The average Bonchev–Trinajstić information content (AvgIpc) is 3.12. The maximum Gasteiger partial charge on any atom is 0.306 e. The number of para-hydroxylation sites is 2. The maximum atomic E-state index is 14.1. The SMILES string of the molecule is CCOC(=O)CC/C(=N\O)c1nc2ccccc2n(C2C[C@H]3CCC[C@@H](C2)N3C2CC3CCCCC(C3)C2)c1=O. The highest BCUT2D eigenvalue weighted by Gasteiger charge is 2.45. The van der Waals surface area contributed by atoms with Gasteiger partial charge in [-0.2, -0.15) is 0 Å². The van der Waals surface area contributed by atoms with Crippen molar-refractivity contribution in [3.8, 4) is 0 Å². The van der Waals surface area contributed by atoms with Crippen LogP contribution < -0.4 is 5.56 Å². The van der Waals surface area contributed by atoms with Crippen molar-refractivity contribution in [3.63, 3.8) is 0 Å². The second kappa shape index (κ2) is 12.0. The third kappa shape index (κ3) is 5.44. The number of hydrogen-bond donors (Lipinski definition) is 1. The molecule has 4 aliphatic rings. The molecule has 6 rings (SSSR count). The van der Waals surface area contributed by atoms with Gasteiger partial charge in [-0.05, 0) is 75.8 Å². The van der Waals surface area contributed by atoms with E-state index in [1.807, 2.05) is 28.8 Å². The Morgan fingerprint density at radius 3 is 2.30 bits per heavy atom. The van der Waals surface area contributed by atoms with Gasteiger partial charge in [0.25, 0.3) is 5.56 Å². The molecule has 0 amide bonds. The summed E-state index contributed by atoms with van der Waals surface area (Å²) in [5.41, 5.74) is 1.59. The van der Waals surface area contributed by atoms with Gasteiger partial charge in [-0.25, -0.2) is 4.98 Å². The molecule has 0 radical (unpaired) electrons. The van der Waals surface area contributed by atoms with Crippen molar-refractivity contribution in [3.05, 3.63) is 40.3 Å². The zero-order chi connectivity index (χ0) is 27.6. The largest absolute Gasteiger partial charge is 0.466 e. The van der Waals surface area contributed by atoms with Crippen molar-refractivity contribution in [1.29, 1.82) is 0 Å².